The Balaban J connectivity index is 2.18. The number of hydrogen-bond donors (Lipinski definition) is 1. The van der Waals surface area contributed by atoms with Crippen LogP contribution in [0.3, 0.4) is 0 Å². The van der Waals surface area contributed by atoms with Crippen molar-refractivity contribution in [2.24, 2.45) is 0 Å². The van der Waals surface area contributed by atoms with Gasteiger partial charge in [-0.05, 0) is 31.2 Å². The second-order valence-electron chi connectivity index (χ2n) is 5.14. The summed E-state index contributed by atoms with van der Waals surface area (Å²) in [7, 11) is -3.43. The van der Waals surface area contributed by atoms with Crippen molar-refractivity contribution in [3.63, 3.8) is 0 Å². The lowest BCUT2D eigenvalue weighted by Gasteiger charge is -2.38. The van der Waals surface area contributed by atoms with E-state index in [-0.39, 0.29) is 12.6 Å². The lowest BCUT2D eigenvalue weighted by atomic mass is 10.2. The van der Waals surface area contributed by atoms with Gasteiger partial charge in [-0.25, -0.2) is 8.42 Å². The van der Waals surface area contributed by atoms with Crippen LogP contribution in [0.1, 0.15) is 19.4 Å². The molecule has 6 heteroatoms. The molecule has 1 N–H and O–H groups in total. The summed E-state index contributed by atoms with van der Waals surface area (Å²) in [6.45, 7) is 6.84. The van der Waals surface area contributed by atoms with Gasteiger partial charge < -0.3 is 5.11 Å². The van der Waals surface area contributed by atoms with E-state index in [0.717, 1.165) is 13.1 Å². The van der Waals surface area contributed by atoms with Gasteiger partial charge in [-0.15, -0.1) is 0 Å². The van der Waals surface area contributed by atoms with Crippen molar-refractivity contribution in [2.75, 3.05) is 26.2 Å². The molecule has 0 radical (unpaired) electrons. The van der Waals surface area contributed by atoms with E-state index in [1.54, 1.807) is 28.6 Å². The topological polar surface area (TPSA) is 60.9 Å². The van der Waals surface area contributed by atoms with Gasteiger partial charge in [-0.3, -0.25) is 4.90 Å². The molecule has 112 valence electrons. The van der Waals surface area contributed by atoms with Crippen molar-refractivity contribution in [3.8, 4) is 0 Å². The smallest absolute Gasteiger partial charge is 0.243 e. The van der Waals surface area contributed by atoms with Crippen molar-refractivity contribution in [2.45, 2.75) is 31.4 Å². The predicted octanol–water partition coefficient (Wildman–Crippen LogP) is 0.894. The molecule has 1 saturated heterocycles. The molecule has 1 aromatic carbocycles. The molecule has 20 heavy (non-hydrogen) atoms. The molecular formula is C14H22N2O3S. The number of aliphatic hydroxyl groups is 1. The summed E-state index contributed by atoms with van der Waals surface area (Å²) < 4.78 is 26.7. The van der Waals surface area contributed by atoms with Crippen molar-refractivity contribution >= 4 is 10.0 Å². The average Bonchev–Trinajstić information content (AvgIpc) is 2.47. The maximum atomic E-state index is 12.6. The second kappa shape index (κ2) is 6.22. The Morgan fingerprint density at radius 2 is 1.90 bits per heavy atom. The lowest BCUT2D eigenvalue weighted by Crippen LogP contribution is -2.53. The third-order valence-corrected chi connectivity index (χ3v) is 5.76. The first-order valence-electron chi connectivity index (χ1n) is 6.93. The van der Waals surface area contributed by atoms with Crippen LogP contribution in [-0.4, -0.2) is 55.0 Å². The van der Waals surface area contributed by atoms with Gasteiger partial charge in [0.15, 0.2) is 0 Å². The summed E-state index contributed by atoms with van der Waals surface area (Å²) in [5, 5.41) is 9.01. The van der Waals surface area contributed by atoms with Crippen LogP contribution < -0.4 is 0 Å². The minimum atomic E-state index is -3.43. The Kier molecular flexibility index (Phi) is 4.80. The number of rotatable bonds is 4. The van der Waals surface area contributed by atoms with E-state index < -0.39 is 10.0 Å². The van der Waals surface area contributed by atoms with Gasteiger partial charge in [0.05, 0.1) is 11.5 Å². The maximum Gasteiger partial charge on any atom is 0.243 e. The molecule has 1 unspecified atom stereocenters. The van der Waals surface area contributed by atoms with Crippen LogP contribution in [0, 0.1) is 0 Å². The minimum Gasteiger partial charge on any atom is -0.392 e. The van der Waals surface area contributed by atoms with Crippen LogP contribution in [0.2, 0.25) is 0 Å². The summed E-state index contributed by atoms with van der Waals surface area (Å²) in [6.07, 6.45) is 0. The van der Waals surface area contributed by atoms with Crippen LogP contribution in [-0.2, 0) is 16.6 Å². The third-order valence-electron chi connectivity index (χ3n) is 3.88. The maximum absolute atomic E-state index is 12.6. The van der Waals surface area contributed by atoms with Crippen LogP contribution in [0.5, 0.6) is 0 Å². The van der Waals surface area contributed by atoms with E-state index in [2.05, 4.69) is 18.7 Å². The van der Waals surface area contributed by atoms with E-state index in [1.807, 2.05) is 0 Å². The Hall–Kier alpha value is -0.950. The quantitative estimate of drug-likeness (QED) is 0.897. The first-order chi connectivity index (χ1) is 9.48. The van der Waals surface area contributed by atoms with E-state index >= 15 is 0 Å². The summed E-state index contributed by atoms with van der Waals surface area (Å²) in [5.41, 5.74) is 0.716. The van der Waals surface area contributed by atoms with E-state index in [9.17, 15) is 8.42 Å². The molecule has 1 aliphatic heterocycles. The van der Waals surface area contributed by atoms with Crippen molar-refractivity contribution < 1.29 is 13.5 Å². The van der Waals surface area contributed by atoms with E-state index in [0.29, 0.717) is 23.5 Å². The van der Waals surface area contributed by atoms with Crippen LogP contribution in [0.15, 0.2) is 29.2 Å². The number of sulfonamides is 1. The zero-order chi connectivity index (χ0) is 14.8. The molecular weight excluding hydrogens is 276 g/mol. The fourth-order valence-electron chi connectivity index (χ4n) is 2.57. The highest BCUT2D eigenvalue weighted by Gasteiger charge is 2.31. The molecule has 0 aromatic heterocycles. The molecule has 0 saturated carbocycles. The Labute approximate surface area is 120 Å². The molecule has 1 heterocycles. The molecule has 5 nitrogen and oxygen atoms in total. The number of hydrogen-bond acceptors (Lipinski definition) is 4. The molecule has 1 aromatic rings. The van der Waals surface area contributed by atoms with Gasteiger partial charge in [0.1, 0.15) is 0 Å². The fraction of sp³-hybridized carbons (Fsp3) is 0.571. The molecule has 1 atom stereocenters. The Morgan fingerprint density at radius 3 is 2.40 bits per heavy atom. The van der Waals surface area contributed by atoms with Crippen LogP contribution >= 0.6 is 0 Å². The van der Waals surface area contributed by atoms with Gasteiger partial charge in [0.2, 0.25) is 10.0 Å². The molecule has 0 bridgehead atoms. The molecule has 1 fully saturated rings. The van der Waals surface area contributed by atoms with E-state index in [4.69, 9.17) is 5.11 Å². The normalized spacial score (nSPS) is 22.1. The van der Waals surface area contributed by atoms with Crippen molar-refractivity contribution in [1.29, 1.82) is 0 Å². The Morgan fingerprint density at radius 1 is 1.25 bits per heavy atom. The zero-order valence-electron chi connectivity index (χ0n) is 12.0. The van der Waals surface area contributed by atoms with E-state index in [1.165, 1.54) is 0 Å². The first kappa shape index (κ1) is 15.4. The fourth-order valence-corrected chi connectivity index (χ4v) is 4.08. The standard InChI is InChI=1S/C14H22N2O3S/c1-3-15-8-9-16(10-12(15)2)20(18,19)14-6-4-13(11-17)5-7-14/h4-7,12,17H,3,8-11H2,1-2H3. The summed E-state index contributed by atoms with van der Waals surface area (Å²) in [5.74, 6) is 0. The average molecular weight is 298 g/mol. The van der Waals surface area contributed by atoms with Crippen molar-refractivity contribution in [3.05, 3.63) is 29.8 Å². The monoisotopic (exact) mass is 298 g/mol. The van der Waals surface area contributed by atoms with Gasteiger partial charge in [-0.1, -0.05) is 19.1 Å². The molecule has 0 spiro atoms. The summed E-state index contributed by atoms with van der Waals surface area (Å²) in [6, 6.07) is 6.67. The molecule has 1 aliphatic rings. The van der Waals surface area contributed by atoms with Gasteiger partial charge in [0, 0.05) is 25.7 Å². The van der Waals surface area contributed by atoms with Crippen LogP contribution in [0.4, 0.5) is 0 Å². The molecule has 0 amide bonds. The number of benzene rings is 1. The summed E-state index contributed by atoms with van der Waals surface area (Å²) >= 11 is 0. The number of nitrogens with zero attached hydrogens (tertiary/aromatic N) is 2. The lowest BCUT2D eigenvalue weighted by molar-refractivity contribution is 0.135. The number of likely N-dealkylation sites (N-methyl/N-ethyl adjacent to an activating group) is 1. The zero-order valence-corrected chi connectivity index (χ0v) is 12.8. The van der Waals surface area contributed by atoms with Gasteiger partial charge >= 0.3 is 0 Å². The highest BCUT2D eigenvalue weighted by molar-refractivity contribution is 7.89. The Bertz CT molecular complexity index is 542. The highest BCUT2D eigenvalue weighted by atomic mass is 32.2. The van der Waals surface area contributed by atoms with Crippen LogP contribution in [0.25, 0.3) is 0 Å². The van der Waals surface area contributed by atoms with Crippen molar-refractivity contribution in [1.82, 2.24) is 9.21 Å². The largest absolute Gasteiger partial charge is 0.392 e. The highest BCUT2D eigenvalue weighted by Crippen LogP contribution is 2.20. The molecule has 0 aliphatic carbocycles. The number of piperazine rings is 1. The third kappa shape index (κ3) is 3.03. The molecule has 2 rings (SSSR count). The number of aliphatic hydroxyl groups excluding tert-OH is 1. The first-order valence-corrected chi connectivity index (χ1v) is 8.37. The van der Waals surface area contributed by atoms with Gasteiger partial charge in [0.25, 0.3) is 0 Å². The minimum absolute atomic E-state index is 0.0768. The second-order valence-corrected chi connectivity index (χ2v) is 7.08. The summed E-state index contributed by atoms with van der Waals surface area (Å²) in [4.78, 5) is 2.58. The van der Waals surface area contributed by atoms with Gasteiger partial charge in [-0.2, -0.15) is 4.31 Å². The predicted molar refractivity (Wildman–Crippen MR) is 77.8 cm³/mol. The SMILES string of the molecule is CCN1CCN(S(=O)(=O)c2ccc(CO)cc2)CC1C.